The van der Waals surface area contributed by atoms with Gasteiger partial charge in [-0.15, -0.1) is 0 Å². The number of carbonyl (C=O) groups excluding carboxylic acids is 3. The molecule has 0 unspecified atom stereocenters. The summed E-state index contributed by atoms with van der Waals surface area (Å²) < 4.78 is 12.8. The summed E-state index contributed by atoms with van der Waals surface area (Å²) in [4.78, 5) is 35.4. The van der Waals surface area contributed by atoms with E-state index in [1.165, 1.54) is 24.3 Å². The first kappa shape index (κ1) is 18.3. The molecule has 6 heteroatoms. The van der Waals surface area contributed by atoms with Crippen LogP contribution in [0.2, 0.25) is 0 Å². The van der Waals surface area contributed by atoms with Gasteiger partial charge in [-0.05, 0) is 36.4 Å². The number of rotatable bonds is 8. The van der Waals surface area contributed by atoms with Crippen LogP contribution in [0.5, 0.6) is 0 Å². The van der Waals surface area contributed by atoms with Gasteiger partial charge in [0.05, 0.1) is 0 Å². The fourth-order valence-corrected chi connectivity index (χ4v) is 2.17. The van der Waals surface area contributed by atoms with E-state index in [-0.39, 0.29) is 37.0 Å². The Bertz CT molecular complexity index is 730. The van der Waals surface area contributed by atoms with Crippen molar-refractivity contribution in [2.45, 2.75) is 12.8 Å². The minimum atomic E-state index is -0.410. The average Bonchev–Trinajstić information content (AvgIpc) is 2.64. The lowest BCUT2D eigenvalue weighted by Crippen LogP contribution is -2.34. The second kappa shape index (κ2) is 9.32. The molecule has 2 aromatic carbocycles. The van der Waals surface area contributed by atoms with Crippen LogP contribution in [0.1, 0.15) is 33.6 Å². The van der Waals surface area contributed by atoms with Gasteiger partial charge in [-0.25, -0.2) is 4.39 Å². The molecular weight excluding hydrogens is 323 g/mol. The number of hydrogen-bond acceptors (Lipinski definition) is 3. The van der Waals surface area contributed by atoms with Gasteiger partial charge in [-0.2, -0.15) is 0 Å². The second-order valence-corrected chi connectivity index (χ2v) is 5.40. The van der Waals surface area contributed by atoms with E-state index >= 15 is 0 Å². The minimum Gasteiger partial charge on any atom is -0.354 e. The van der Waals surface area contributed by atoms with Gasteiger partial charge in [0, 0.05) is 37.1 Å². The number of hydrogen-bond donors (Lipinski definition) is 2. The average molecular weight is 342 g/mol. The van der Waals surface area contributed by atoms with Crippen LogP contribution in [-0.4, -0.2) is 30.7 Å². The van der Waals surface area contributed by atoms with Gasteiger partial charge in [0.2, 0.25) is 5.91 Å². The maximum Gasteiger partial charge on any atom is 0.251 e. The number of benzene rings is 2. The van der Waals surface area contributed by atoms with Crippen molar-refractivity contribution in [1.29, 1.82) is 0 Å². The predicted molar refractivity (Wildman–Crippen MR) is 91.7 cm³/mol. The Morgan fingerprint density at radius 2 is 1.40 bits per heavy atom. The first-order valence-corrected chi connectivity index (χ1v) is 7.95. The molecule has 5 nitrogen and oxygen atoms in total. The summed E-state index contributed by atoms with van der Waals surface area (Å²) >= 11 is 0. The Morgan fingerprint density at radius 3 is 2.08 bits per heavy atom. The Labute approximate surface area is 145 Å². The highest BCUT2D eigenvalue weighted by molar-refractivity contribution is 5.98. The molecule has 0 aromatic heterocycles. The molecule has 25 heavy (non-hydrogen) atoms. The molecule has 0 heterocycles. The van der Waals surface area contributed by atoms with E-state index in [4.69, 9.17) is 0 Å². The second-order valence-electron chi connectivity index (χ2n) is 5.40. The molecule has 130 valence electrons. The first-order chi connectivity index (χ1) is 12.1. The number of amides is 2. The summed E-state index contributed by atoms with van der Waals surface area (Å²) in [5, 5.41) is 5.33. The van der Waals surface area contributed by atoms with Crippen LogP contribution in [0, 0.1) is 5.82 Å². The van der Waals surface area contributed by atoms with Crippen molar-refractivity contribution >= 4 is 17.6 Å². The van der Waals surface area contributed by atoms with E-state index in [9.17, 15) is 18.8 Å². The Hall–Kier alpha value is -3.02. The third-order valence-corrected chi connectivity index (χ3v) is 3.51. The largest absolute Gasteiger partial charge is 0.354 e. The molecule has 2 aromatic rings. The Balaban J connectivity index is 1.63. The summed E-state index contributed by atoms with van der Waals surface area (Å²) in [6.07, 6.45) is 0.0939. The standard InChI is InChI=1S/C19H19FN2O3/c20-16-8-6-14(7-9-16)17(23)10-11-18(24)21-12-13-22-19(25)15-4-2-1-3-5-15/h1-9H,10-13H2,(H,21,24)(H,22,25). The monoisotopic (exact) mass is 342 g/mol. The van der Waals surface area contributed by atoms with Crippen molar-refractivity contribution in [1.82, 2.24) is 10.6 Å². The summed E-state index contributed by atoms with van der Waals surface area (Å²) in [6.45, 7) is 0.577. The van der Waals surface area contributed by atoms with Crippen molar-refractivity contribution in [2.75, 3.05) is 13.1 Å². The maximum atomic E-state index is 12.8. The fourth-order valence-electron chi connectivity index (χ4n) is 2.17. The number of nitrogens with one attached hydrogen (secondary N) is 2. The summed E-state index contributed by atoms with van der Waals surface area (Å²) in [5.74, 6) is -1.11. The number of carbonyl (C=O) groups is 3. The highest BCUT2D eigenvalue weighted by Crippen LogP contribution is 2.07. The quantitative estimate of drug-likeness (QED) is 0.571. The maximum absolute atomic E-state index is 12.8. The van der Waals surface area contributed by atoms with E-state index in [2.05, 4.69) is 10.6 Å². The van der Waals surface area contributed by atoms with E-state index < -0.39 is 5.82 Å². The van der Waals surface area contributed by atoms with Crippen molar-refractivity contribution in [3.8, 4) is 0 Å². The Kier molecular flexibility index (Phi) is 6.83. The molecule has 2 N–H and O–H groups in total. The van der Waals surface area contributed by atoms with E-state index in [0.717, 1.165) is 0 Å². The molecule has 0 fully saturated rings. The molecule has 0 spiro atoms. The molecular formula is C19H19FN2O3. The van der Waals surface area contributed by atoms with Crippen molar-refractivity contribution < 1.29 is 18.8 Å². The highest BCUT2D eigenvalue weighted by Gasteiger charge is 2.09. The predicted octanol–water partition coefficient (Wildman–Crippen LogP) is 2.33. The molecule has 0 saturated heterocycles. The smallest absolute Gasteiger partial charge is 0.251 e. The Morgan fingerprint density at radius 1 is 0.760 bits per heavy atom. The van der Waals surface area contributed by atoms with Crippen LogP contribution >= 0.6 is 0 Å². The first-order valence-electron chi connectivity index (χ1n) is 7.95. The summed E-state index contributed by atoms with van der Waals surface area (Å²) in [6, 6.07) is 14.0. The molecule has 2 amide bonds. The van der Waals surface area contributed by atoms with Crippen LogP contribution in [0.25, 0.3) is 0 Å². The SMILES string of the molecule is O=C(CCC(=O)c1ccc(F)cc1)NCCNC(=O)c1ccccc1. The van der Waals surface area contributed by atoms with Gasteiger partial charge in [-0.1, -0.05) is 18.2 Å². The zero-order chi connectivity index (χ0) is 18.1. The van der Waals surface area contributed by atoms with Gasteiger partial charge in [0.25, 0.3) is 5.91 Å². The topological polar surface area (TPSA) is 75.3 Å². The molecule has 0 radical (unpaired) electrons. The molecule has 0 aliphatic carbocycles. The van der Waals surface area contributed by atoms with Crippen LogP contribution in [-0.2, 0) is 4.79 Å². The normalized spacial score (nSPS) is 10.1. The van der Waals surface area contributed by atoms with Crippen LogP contribution in [0.15, 0.2) is 54.6 Å². The van der Waals surface area contributed by atoms with Gasteiger partial charge < -0.3 is 10.6 Å². The van der Waals surface area contributed by atoms with E-state index in [1.54, 1.807) is 24.3 Å². The third kappa shape index (κ3) is 6.18. The highest BCUT2D eigenvalue weighted by atomic mass is 19.1. The summed E-state index contributed by atoms with van der Waals surface area (Å²) in [7, 11) is 0. The lowest BCUT2D eigenvalue weighted by molar-refractivity contribution is -0.121. The zero-order valence-electron chi connectivity index (χ0n) is 13.6. The van der Waals surface area contributed by atoms with Crippen molar-refractivity contribution in [3.05, 3.63) is 71.5 Å². The number of ketones is 1. The van der Waals surface area contributed by atoms with E-state index in [0.29, 0.717) is 17.7 Å². The molecule has 0 atom stereocenters. The van der Waals surface area contributed by atoms with Crippen LogP contribution in [0.3, 0.4) is 0 Å². The molecule has 2 rings (SSSR count). The van der Waals surface area contributed by atoms with Gasteiger partial charge in [0.15, 0.2) is 5.78 Å². The molecule has 0 aliphatic heterocycles. The molecule has 0 bridgehead atoms. The lowest BCUT2D eigenvalue weighted by atomic mass is 10.1. The zero-order valence-corrected chi connectivity index (χ0v) is 13.6. The third-order valence-electron chi connectivity index (χ3n) is 3.51. The van der Waals surface area contributed by atoms with E-state index in [1.807, 2.05) is 6.07 Å². The lowest BCUT2D eigenvalue weighted by Gasteiger charge is -2.07. The van der Waals surface area contributed by atoms with Gasteiger partial charge in [0.1, 0.15) is 5.82 Å². The number of halogens is 1. The van der Waals surface area contributed by atoms with Crippen molar-refractivity contribution in [3.63, 3.8) is 0 Å². The van der Waals surface area contributed by atoms with Crippen molar-refractivity contribution in [2.24, 2.45) is 0 Å². The van der Waals surface area contributed by atoms with Crippen LogP contribution < -0.4 is 10.6 Å². The summed E-state index contributed by atoms with van der Waals surface area (Å²) in [5.41, 5.74) is 0.933. The van der Waals surface area contributed by atoms with Gasteiger partial charge in [-0.3, -0.25) is 14.4 Å². The van der Waals surface area contributed by atoms with Crippen LogP contribution in [0.4, 0.5) is 4.39 Å². The molecule has 0 aliphatic rings. The van der Waals surface area contributed by atoms with Gasteiger partial charge >= 0.3 is 0 Å². The fraction of sp³-hybridized carbons (Fsp3) is 0.211. The number of Topliss-reactive ketones (excluding diaryl/α,β-unsaturated/α-hetero) is 1. The minimum absolute atomic E-state index is 0.0445. The molecule has 0 saturated carbocycles.